The molecule has 0 amide bonds. The van der Waals surface area contributed by atoms with Gasteiger partial charge in [-0.15, -0.1) is 0 Å². The molecule has 1 aromatic heterocycles. The molecule has 36 heavy (non-hydrogen) atoms. The SMILES string of the molecule is O=C(O)[C@@H]1CCCC[C@H]1C(=O)C1(c2cnc(Nc3cccc(Cl)c3)o2)C=CC(c2ccccc2)C=C1. The highest BCUT2D eigenvalue weighted by atomic mass is 35.5. The van der Waals surface area contributed by atoms with Crippen molar-refractivity contribution in [1.82, 2.24) is 4.98 Å². The Morgan fingerprint density at radius 2 is 1.72 bits per heavy atom. The lowest BCUT2D eigenvalue weighted by Gasteiger charge is -2.35. The van der Waals surface area contributed by atoms with E-state index in [4.69, 9.17) is 16.0 Å². The quantitative estimate of drug-likeness (QED) is 0.350. The van der Waals surface area contributed by atoms with Crippen LogP contribution in [-0.2, 0) is 15.0 Å². The molecule has 2 aliphatic carbocycles. The topological polar surface area (TPSA) is 92.4 Å². The number of oxazole rings is 1. The largest absolute Gasteiger partial charge is 0.481 e. The van der Waals surface area contributed by atoms with E-state index < -0.39 is 23.2 Å². The molecule has 1 fully saturated rings. The Labute approximate surface area is 214 Å². The molecule has 0 aliphatic heterocycles. The summed E-state index contributed by atoms with van der Waals surface area (Å²) in [6, 6.07) is 17.4. The number of carboxylic acids is 1. The van der Waals surface area contributed by atoms with Gasteiger partial charge in [-0.1, -0.05) is 85.1 Å². The van der Waals surface area contributed by atoms with Gasteiger partial charge < -0.3 is 14.8 Å². The van der Waals surface area contributed by atoms with Gasteiger partial charge in [0, 0.05) is 22.5 Å². The van der Waals surface area contributed by atoms with Gasteiger partial charge in [-0.3, -0.25) is 9.59 Å². The normalized spacial score (nSPS) is 25.4. The van der Waals surface area contributed by atoms with Crippen molar-refractivity contribution in [2.24, 2.45) is 11.8 Å². The van der Waals surface area contributed by atoms with Crippen molar-refractivity contribution < 1.29 is 19.1 Å². The second-order valence-electron chi connectivity index (χ2n) is 9.39. The van der Waals surface area contributed by atoms with Crippen molar-refractivity contribution in [1.29, 1.82) is 0 Å². The molecular formula is C29H27ClN2O4. The molecule has 3 aromatic rings. The molecule has 2 N–H and O–H groups in total. The second-order valence-corrected chi connectivity index (χ2v) is 9.83. The number of halogens is 1. The maximum absolute atomic E-state index is 14.2. The van der Waals surface area contributed by atoms with Crippen molar-refractivity contribution in [3.8, 4) is 0 Å². The fraction of sp³-hybridized carbons (Fsp3) is 0.276. The van der Waals surface area contributed by atoms with Crippen LogP contribution in [0.5, 0.6) is 0 Å². The Balaban J connectivity index is 1.51. The second kappa shape index (κ2) is 10.2. The summed E-state index contributed by atoms with van der Waals surface area (Å²) in [6.07, 6.45) is 11.9. The van der Waals surface area contributed by atoms with Crippen LogP contribution < -0.4 is 5.32 Å². The molecule has 0 spiro atoms. The van der Waals surface area contributed by atoms with Crippen LogP contribution in [0, 0.1) is 11.8 Å². The Kier molecular flexibility index (Phi) is 6.79. The Bertz CT molecular complexity index is 1300. The highest BCUT2D eigenvalue weighted by Gasteiger charge is 2.48. The van der Waals surface area contributed by atoms with E-state index in [1.54, 1.807) is 18.3 Å². The molecule has 1 heterocycles. The Hall–Kier alpha value is -3.64. The van der Waals surface area contributed by atoms with Crippen LogP contribution in [0.4, 0.5) is 11.7 Å². The molecule has 0 bridgehead atoms. The van der Waals surface area contributed by atoms with Gasteiger partial charge in [-0.25, -0.2) is 4.98 Å². The molecule has 6 nitrogen and oxygen atoms in total. The molecule has 0 unspecified atom stereocenters. The summed E-state index contributed by atoms with van der Waals surface area (Å²) in [5, 5.41) is 13.5. The first-order valence-electron chi connectivity index (χ1n) is 12.2. The van der Waals surface area contributed by atoms with E-state index in [2.05, 4.69) is 10.3 Å². The van der Waals surface area contributed by atoms with E-state index in [-0.39, 0.29) is 17.7 Å². The van der Waals surface area contributed by atoms with E-state index in [9.17, 15) is 14.7 Å². The predicted octanol–water partition coefficient (Wildman–Crippen LogP) is 6.68. The van der Waals surface area contributed by atoms with Crippen LogP contribution in [0.3, 0.4) is 0 Å². The first-order chi connectivity index (χ1) is 17.5. The number of carbonyl (C=O) groups excluding carboxylic acids is 1. The van der Waals surface area contributed by atoms with Crippen molar-refractivity contribution in [2.75, 3.05) is 5.32 Å². The molecule has 2 atom stereocenters. The predicted molar refractivity (Wildman–Crippen MR) is 138 cm³/mol. The van der Waals surface area contributed by atoms with E-state index in [0.717, 1.165) is 18.4 Å². The minimum Gasteiger partial charge on any atom is -0.481 e. The van der Waals surface area contributed by atoms with Crippen LogP contribution in [0.2, 0.25) is 5.02 Å². The van der Waals surface area contributed by atoms with Gasteiger partial charge in [-0.2, -0.15) is 0 Å². The Morgan fingerprint density at radius 1 is 1.00 bits per heavy atom. The summed E-state index contributed by atoms with van der Waals surface area (Å²) < 4.78 is 6.08. The molecule has 1 saturated carbocycles. The lowest BCUT2D eigenvalue weighted by molar-refractivity contribution is -0.149. The zero-order chi connectivity index (χ0) is 25.1. The standard InChI is InChI=1S/C29H27ClN2O4/c30-21-9-6-10-22(17-21)32-28-31-18-25(36-28)29(26(33)23-11-4-5-12-24(23)27(34)35)15-13-20(14-16-29)19-7-2-1-3-8-19/h1-3,6-10,13-18,20,23-24H,4-5,11-12H2,(H,31,32)(H,34,35)/t20?,23-,24-,29?/m1/s1. The summed E-state index contributed by atoms with van der Waals surface area (Å²) in [7, 11) is 0. The third-order valence-electron chi connectivity index (χ3n) is 7.13. The average Bonchev–Trinajstić information content (AvgIpc) is 3.38. The van der Waals surface area contributed by atoms with Crippen molar-refractivity contribution in [3.63, 3.8) is 0 Å². The maximum Gasteiger partial charge on any atom is 0.307 e. The molecule has 2 aliphatic rings. The smallest absolute Gasteiger partial charge is 0.307 e. The van der Waals surface area contributed by atoms with Crippen LogP contribution in [0.15, 0.2) is 89.5 Å². The minimum absolute atomic E-state index is 0.000675. The summed E-state index contributed by atoms with van der Waals surface area (Å²) in [6.45, 7) is 0. The number of carboxylic acid groups (broad SMARTS) is 1. The maximum atomic E-state index is 14.2. The van der Waals surface area contributed by atoms with Gasteiger partial charge in [0.05, 0.1) is 12.1 Å². The van der Waals surface area contributed by atoms with E-state index >= 15 is 0 Å². The molecular weight excluding hydrogens is 476 g/mol. The Morgan fingerprint density at radius 3 is 2.42 bits per heavy atom. The van der Waals surface area contributed by atoms with Crippen LogP contribution in [0.1, 0.15) is 42.9 Å². The van der Waals surface area contributed by atoms with E-state index in [1.165, 1.54) is 0 Å². The lowest BCUT2D eigenvalue weighted by Crippen LogP contribution is -2.43. The van der Waals surface area contributed by atoms with Gasteiger partial charge in [0.1, 0.15) is 11.2 Å². The minimum atomic E-state index is -1.23. The molecule has 0 radical (unpaired) electrons. The first-order valence-corrected chi connectivity index (χ1v) is 12.5. The third kappa shape index (κ3) is 4.73. The number of aromatic nitrogens is 1. The number of carbonyl (C=O) groups is 2. The molecule has 0 saturated heterocycles. The van der Waals surface area contributed by atoms with Gasteiger partial charge in [-0.05, 0) is 36.6 Å². The number of anilines is 2. The molecule has 7 heteroatoms. The molecule has 184 valence electrons. The highest BCUT2D eigenvalue weighted by molar-refractivity contribution is 6.30. The number of aliphatic carboxylic acids is 1. The van der Waals surface area contributed by atoms with Crippen LogP contribution >= 0.6 is 11.6 Å². The zero-order valence-corrected chi connectivity index (χ0v) is 20.4. The lowest BCUT2D eigenvalue weighted by atomic mass is 9.66. The molecule has 2 aromatic carbocycles. The van der Waals surface area contributed by atoms with E-state index in [0.29, 0.717) is 29.3 Å². The average molecular weight is 503 g/mol. The number of rotatable bonds is 7. The third-order valence-corrected chi connectivity index (χ3v) is 7.37. The summed E-state index contributed by atoms with van der Waals surface area (Å²) in [5.41, 5.74) is 0.573. The highest BCUT2D eigenvalue weighted by Crippen LogP contribution is 2.43. The fourth-order valence-electron chi connectivity index (χ4n) is 5.24. The van der Waals surface area contributed by atoms with Crippen LogP contribution in [-0.4, -0.2) is 21.8 Å². The van der Waals surface area contributed by atoms with Crippen molar-refractivity contribution >= 4 is 35.1 Å². The van der Waals surface area contributed by atoms with Crippen LogP contribution in [0.25, 0.3) is 0 Å². The number of nitrogens with zero attached hydrogens (tertiary/aromatic N) is 1. The zero-order valence-electron chi connectivity index (χ0n) is 19.6. The number of allylic oxidation sites excluding steroid dienone is 4. The molecule has 5 rings (SSSR count). The number of hydrogen-bond acceptors (Lipinski definition) is 5. The number of nitrogens with one attached hydrogen (secondary N) is 1. The fourth-order valence-corrected chi connectivity index (χ4v) is 5.43. The van der Waals surface area contributed by atoms with Crippen molar-refractivity contribution in [2.45, 2.75) is 37.0 Å². The first kappa shape index (κ1) is 24.1. The number of hydrogen-bond donors (Lipinski definition) is 2. The summed E-state index contributed by atoms with van der Waals surface area (Å²) in [4.78, 5) is 30.5. The van der Waals surface area contributed by atoms with Gasteiger partial charge in [0.2, 0.25) is 0 Å². The van der Waals surface area contributed by atoms with Gasteiger partial charge in [0.25, 0.3) is 6.01 Å². The monoisotopic (exact) mass is 502 g/mol. The van der Waals surface area contributed by atoms with Crippen molar-refractivity contribution in [3.05, 3.63) is 101 Å². The number of benzene rings is 2. The van der Waals surface area contributed by atoms with E-state index in [1.807, 2.05) is 66.8 Å². The number of Topliss-reactive ketones (excluding diaryl/α,β-unsaturated/α-hetero) is 1. The summed E-state index contributed by atoms with van der Waals surface area (Å²) in [5.74, 6) is -2.04. The summed E-state index contributed by atoms with van der Waals surface area (Å²) >= 11 is 6.09. The number of ketones is 1. The van der Waals surface area contributed by atoms with Gasteiger partial charge in [0.15, 0.2) is 5.78 Å². The van der Waals surface area contributed by atoms with Gasteiger partial charge >= 0.3 is 5.97 Å².